The van der Waals surface area contributed by atoms with Gasteiger partial charge in [0.15, 0.2) is 5.76 Å². The van der Waals surface area contributed by atoms with Gasteiger partial charge in [-0.25, -0.2) is 4.79 Å². The van der Waals surface area contributed by atoms with Crippen molar-refractivity contribution >= 4 is 5.97 Å². The first-order chi connectivity index (χ1) is 5.57. The highest BCUT2D eigenvalue weighted by atomic mass is 16.6. The Morgan fingerprint density at radius 2 is 2.00 bits per heavy atom. The van der Waals surface area contributed by atoms with Crippen LogP contribution in [0.4, 0.5) is 0 Å². The second kappa shape index (κ2) is 5.63. The lowest BCUT2D eigenvalue weighted by atomic mass is 10.2. The third kappa shape index (κ3) is 4.77. The molecule has 0 N–H and O–H groups in total. The third-order valence-electron chi connectivity index (χ3n) is 1.09. The fourth-order valence-electron chi connectivity index (χ4n) is 0.538. The number of esters is 1. The number of ether oxygens (including phenoxy) is 2. The maximum absolute atomic E-state index is 10.9. The molecule has 0 heterocycles. The van der Waals surface area contributed by atoms with Crippen molar-refractivity contribution in [3.05, 3.63) is 12.3 Å². The highest BCUT2D eigenvalue weighted by Gasteiger charge is 2.08. The lowest BCUT2D eigenvalue weighted by Crippen LogP contribution is -2.12. The van der Waals surface area contributed by atoms with Crippen molar-refractivity contribution in [3.8, 4) is 0 Å². The molecule has 0 unspecified atom stereocenters. The molecule has 0 aliphatic heterocycles. The predicted octanol–water partition coefficient (Wildman–Crippen LogP) is 1.74. The summed E-state index contributed by atoms with van der Waals surface area (Å²) in [6.07, 6.45) is 0. The van der Waals surface area contributed by atoms with Gasteiger partial charge in [0.1, 0.15) is 0 Å². The van der Waals surface area contributed by atoms with Gasteiger partial charge in [0.25, 0.3) is 0 Å². The minimum atomic E-state index is -0.474. The van der Waals surface area contributed by atoms with Gasteiger partial charge in [-0.3, -0.25) is 0 Å². The number of hydrogen-bond donors (Lipinski definition) is 0. The molecule has 0 aromatic rings. The minimum Gasteiger partial charge on any atom is -0.487 e. The Kier molecular flexibility index (Phi) is 5.17. The molecule has 0 bridgehead atoms. The molecular formula is C9H16O3. The first-order valence-corrected chi connectivity index (χ1v) is 4.06. The molecule has 0 radical (unpaired) electrons. The van der Waals surface area contributed by atoms with E-state index in [0.29, 0.717) is 19.1 Å². The number of carbonyl (C=O) groups excluding carboxylic acids is 1. The Balaban J connectivity index is 3.65. The largest absolute Gasteiger partial charge is 0.487 e. The van der Waals surface area contributed by atoms with Crippen LogP contribution in [0.5, 0.6) is 0 Å². The summed E-state index contributed by atoms with van der Waals surface area (Å²) in [4.78, 5) is 10.9. The van der Waals surface area contributed by atoms with Gasteiger partial charge in [-0.15, -0.1) is 0 Å². The maximum Gasteiger partial charge on any atom is 0.372 e. The summed E-state index contributed by atoms with van der Waals surface area (Å²) >= 11 is 0. The van der Waals surface area contributed by atoms with E-state index >= 15 is 0 Å². The fraction of sp³-hybridized carbons (Fsp3) is 0.667. The van der Waals surface area contributed by atoms with Crippen molar-refractivity contribution in [1.82, 2.24) is 0 Å². The molecule has 0 atom stereocenters. The van der Waals surface area contributed by atoms with E-state index in [-0.39, 0.29) is 5.76 Å². The van der Waals surface area contributed by atoms with E-state index < -0.39 is 5.97 Å². The van der Waals surface area contributed by atoms with Crippen LogP contribution in [0.2, 0.25) is 0 Å². The summed E-state index contributed by atoms with van der Waals surface area (Å²) in [6, 6.07) is 0. The number of rotatable bonds is 5. The average Bonchev–Trinajstić information content (AvgIpc) is 2.00. The summed E-state index contributed by atoms with van der Waals surface area (Å²) in [5, 5.41) is 0. The normalized spacial score (nSPS) is 9.67. The van der Waals surface area contributed by atoms with E-state index in [1.807, 2.05) is 13.8 Å². The molecule has 0 aliphatic rings. The van der Waals surface area contributed by atoms with Gasteiger partial charge in [0.05, 0.1) is 13.2 Å². The maximum atomic E-state index is 10.9. The summed E-state index contributed by atoms with van der Waals surface area (Å²) in [6.45, 7) is 10.0. The van der Waals surface area contributed by atoms with Crippen LogP contribution in [0.3, 0.4) is 0 Å². The third-order valence-corrected chi connectivity index (χ3v) is 1.09. The molecule has 12 heavy (non-hydrogen) atoms. The van der Waals surface area contributed by atoms with E-state index in [2.05, 4.69) is 11.3 Å². The van der Waals surface area contributed by atoms with Crippen LogP contribution in [0.1, 0.15) is 20.8 Å². The van der Waals surface area contributed by atoms with Crippen molar-refractivity contribution in [1.29, 1.82) is 0 Å². The number of hydrogen-bond acceptors (Lipinski definition) is 3. The first-order valence-electron chi connectivity index (χ1n) is 4.06. The van der Waals surface area contributed by atoms with E-state index in [1.165, 1.54) is 0 Å². The standard InChI is InChI=1S/C9H16O3/c1-5-11-9(10)8(4)12-6-7(2)3/h7H,4-6H2,1-3H3. The molecule has 3 heteroatoms. The fourth-order valence-corrected chi connectivity index (χ4v) is 0.538. The molecule has 0 aromatic carbocycles. The highest BCUT2D eigenvalue weighted by Crippen LogP contribution is 2.01. The van der Waals surface area contributed by atoms with Crippen molar-refractivity contribution in [2.45, 2.75) is 20.8 Å². The van der Waals surface area contributed by atoms with Gasteiger partial charge >= 0.3 is 5.97 Å². The molecule has 0 spiro atoms. The van der Waals surface area contributed by atoms with Gasteiger partial charge < -0.3 is 9.47 Å². The van der Waals surface area contributed by atoms with E-state index in [1.54, 1.807) is 6.92 Å². The smallest absolute Gasteiger partial charge is 0.372 e. The van der Waals surface area contributed by atoms with Crippen LogP contribution >= 0.6 is 0 Å². The molecular weight excluding hydrogens is 156 g/mol. The van der Waals surface area contributed by atoms with Gasteiger partial charge in [0.2, 0.25) is 0 Å². The molecule has 0 aliphatic carbocycles. The van der Waals surface area contributed by atoms with Crippen LogP contribution < -0.4 is 0 Å². The van der Waals surface area contributed by atoms with Gasteiger partial charge in [0, 0.05) is 0 Å². The summed E-state index contributed by atoms with van der Waals surface area (Å²) < 4.78 is 9.72. The highest BCUT2D eigenvalue weighted by molar-refractivity contribution is 5.85. The summed E-state index contributed by atoms with van der Waals surface area (Å²) in [5.74, 6) is -0.000114. The Labute approximate surface area is 73.4 Å². The zero-order chi connectivity index (χ0) is 9.56. The second-order valence-electron chi connectivity index (χ2n) is 2.85. The minimum absolute atomic E-state index is 0.0885. The molecule has 0 saturated carbocycles. The quantitative estimate of drug-likeness (QED) is 0.360. The molecule has 0 saturated heterocycles. The van der Waals surface area contributed by atoms with E-state index in [4.69, 9.17) is 4.74 Å². The average molecular weight is 172 g/mol. The monoisotopic (exact) mass is 172 g/mol. The van der Waals surface area contributed by atoms with Crippen LogP contribution in [-0.2, 0) is 14.3 Å². The zero-order valence-corrected chi connectivity index (χ0v) is 7.92. The number of carbonyl (C=O) groups is 1. The van der Waals surface area contributed by atoms with E-state index in [0.717, 1.165) is 0 Å². The first kappa shape index (κ1) is 11.0. The molecule has 0 fully saturated rings. The van der Waals surface area contributed by atoms with Gasteiger partial charge in [-0.05, 0) is 19.4 Å². The molecule has 0 aromatic heterocycles. The Bertz CT molecular complexity index is 161. The summed E-state index contributed by atoms with van der Waals surface area (Å²) in [5.41, 5.74) is 0. The molecule has 0 amide bonds. The van der Waals surface area contributed by atoms with Crippen molar-refractivity contribution in [2.75, 3.05) is 13.2 Å². The van der Waals surface area contributed by atoms with Crippen LogP contribution in [-0.4, -0.2) is 19.2 Å². The lowest BCUT2D eigenvalue weighted by molar-refractivity contribution is -0.142. The zero-order valence-electron chi connectivity index (χ0n) is 7.92. The summed E-state index contributed by atoms with van der Waals surface area (Å²) in [7, 11) is 0. The predicted molar refractivity (Wildman–Crippen MR) is 46.6 cm³/mol. The molecule has 70 valence electrons. The van der Waals surface area contributed by atoms with Crippen molar-refractivity contribution < 1.29 is 14.3 Å². The van der Waals surface area contributed by atoms with Gasteiger partial charge in [-0.2, -0.15) is 0 Å². The Morgan fingerprint density at radius 3 is 2.42 bits per heavy atom. The SMILES string of the molecule is C=C(OCC(C)C)C(=O)OCC. The van der Waals surface area contributed by atoms with E-state index in [9.17, 15) is 4.79 Å². The topological polar surface area (TPSA) is 35.5 Å². The lowest BCUT2D eigenvalue weighted by Gasteiger charge is -2.09. The van der Waals surface area contributed by atoms with Crippen LogP contribution in [0, 0.1) is 5.92 Å². The Morgan fingerprint density at radius 1 is 1.42 bits per heavy atom. The Hall–Kier alpha value is -0.990. The van der Waals surface area contributed by atoms with Crippen LogP contribution in [0.25, 0.3) is 0 Å². The van der Waals surface area contributed by atoms with Crippen LogP contribution in [0.15, 0.2) is 12.3 Å². The second-order valence-corrected chi connectivity index (χ2v) is 2.85. The van der Waals surface area contributed by atoms with Crippen molar-refractivity contribution in [2.24, 2.45) is 5.92 Å². The molecule has 3 nitrogen and oxygen atoms in total. The van der Waals surface area contributed by atoms with Gasteiger partial charge in [-0.1, -0.05) is 13.8 Å². The van der Waals surface area contributed by atoms with Crippen molar-refractivity contribution in [3.63, 3.8) is 0 Å². The molecule has 0 rings (SSSR count).